The van der Waals surface area contributed by atoms with Gasteiger partial charge in [-0.25, -0.2) is 14.8 Å². The van der Waals surface area contributed by atoms with E-state index in [1.165, 1.54) is 5.56 Å². The van der Waals surface area contributed by atoms with Gasteiger partial charge in [0.15, 0.2) is 0 Å². The molecule has 0 spiro atoms. The Hall–Kier alpha value is -4.78. The van der Waals surface area contributed by atoms with Gasteiger partial charge in [-0.2, -0.15) is 5.26 Å². The molecule has 2 saturated heterocycles. The van der Waals surface area contributed by atoms with E-state index in [1.807, 2.05) is 24.3 Å². The van der Waals surface area contributed by atoms with Gasteiger partial charge in [0, 0.05) is 17.4 Å². The van der Waals surface area contributed by atoms with Crippen molar-refractivity contribution in [3.8, 4) is 28.5 Å². The monoisotopic (exact) mass is 518 g/mol. The summed E-state index contributed by atoms with van der Waals surface area (Å²) in [5.74, 6) is 0.490. The number of urea groups is 1. The van der Waals surface area contributed by atoms with Crippen LogP contribution in [0.1, 0.15) is 5.56 Å². The van der Waals surface area contributed by atoms with Crippen molar-refractivity contribution in [3.63, 3.8) is 0 Å². The number of nitriles is 1. The first-order chi connectivity index (χ1) is 19.2. The van der Waals surface area contributed by atoms with Crippen LogP contribution in [0.15, 0.2) is 91.1 Å². The minimum Gasteiger partial charge on any atom is -0.371 e. The molecule has 194 valence electrons. The summed E-state index contributed by atoms with van der Waals surface area (Å²) in [6, 6.07) is 28.4. The lowest BCUT2D eigenvalue weighted by molar-refractivity contribution is 0.0683. The quantitative estimate of drug-likeness (QED) is 0.345. The molecule has 6 rings (SSSR count). The van der Waals surface area contributed by atoms with Crippen molar-refractivity contribution in [2.45, 2.75) is 24.3 Å². The number of anilines is 2. The fraction of sp³-hybridized carbons (Fsp3) is 0.200. The number of hydrogen-bond acceptors (Lipinski definition) is 7. The van der Waals surface area contributed by atoms with Gasteiger partial charge in [-0.15, -0.1) is 0 Å². The number of carbonyl (C=O) groups excluding carboxylic acids is 1. The molecule has 4 aromatic rings. The van der Waals surface area contributed by atoms with Gasteiger partial charge in [-0.05, 0) is 35.4 Å². The zero-order valence-electron chi connectivity index (χ0n) is 21.0. The Kier molecular flexibility index (Phi) is 6.87. The van der Waals surface area contributed by atoms with Crippen molar-refractivity contribution in [1.82, 2.24) is 15.3 Å². The van der Waals surface area contributed by atoms with Gasteiger partial charge >= 0.3 is 6.03 Å². The highest BCUT2D eigenvalue weighted by molar-refractivity contribution is 5.89. The van der Waals surface area contributed by atoms with Crippen LogP contribution >= 0.6 is 0 Å². The molecule has 3 N–H and O–H groups in total. The smallest absolute Gasteiger partial charge is 0.319 e. The fourth-order valence-corrected chi connectivity index (χ4v) is 4.97. The summed E-state index contributed by atoms with van der Waals surface area (Å²) in [7, 11) is 0. The highest BCUT2D eigenvalue weighted by atomic mass is 16.6. The lowest BCUT2D eigenvalue weighted by Crippen LogP contribution is -2.46. The van der Waals surface area contributed by atoms with Gasteiger partial charge in [0.05, 0.1) is 42.6 Å². The predicted octanol–water partition coefficient (Wildman–Crippen LogP) is 4.45. The third-order valence-electron chi connectivity index (χ3n) is 6.88. The Morgan fingerprint density at radius 3 is 2.36 bits per heavy atom. The van der Waals surface area contributed by atoms with E-state index in [4.69, 9.17) is 19.7 Å². The van der Waals surface area contributed by atoms with Crippen LogP contribution in [0, 0.1) is 11.3 Å². The van der Waals surface area contributed by atoms with E-state index in [-0.39, 0.29) is 30.3 Å². The summed E-state index contributed by atoms with van der Waals surface area (Å²) in [4.78, 5) is 21.7. The molecule has 4 unspecified atom stereocenters. The molecule has 4 atom stereocenters. The minimum atomic E-state index is -0.381. The van der Waals surface area contributed by atoms with E-state index in [1.54, 1.807) is 30.5 Å². The van der Waals surface area contributed by atoms with E-state index < -0.39 is 0 Å². The molecule has 0 bridgehead atoms. The fourth-order valence-electron chi connectivity index (χ4n) is 4.97. The zero-order valence-corrected chi connectivity index (χ0v) is 21.0. The number of hydrogen-bond donors (Lipinski definition) is 3. The van der Waals surface area contributed by atoms with E-state index >= 15 is 0 Å². The Balaban J connectivity index is 1.07. The molecule has 1 aromatic heterocycles. The van der Waals surface area contributed by atoms with Gasteiger partial charge in [0.25, 0.3) is 0 Å². The number of aromatic nitrogens is 2. The second-order valence-electron chi connectivity index (χ2n) is 9.45. The van der Waals surface area contributed by atoms with Crippen molar-refractivity contribution < 1.29 is 14.3 Å². The molecule has 3 heterocycles. The van der Waals surface area contributed by atoms with Gasteiger partial charge in [-0.1, -0.05) is 60.7 Å². The van der Waals surface area contributed by atoms with E-state index in [0.717, 1.165) is 16.8 Å². The summed E-state index contributed by atoms with van der Waals surface area (Å²) in [6.45, 7) is 0.729. The molecule has 2 aliphatic rings. The normalized spacial score (nSPS) is 21.5. The van der Waals surface area contributed by atoms with Crippen molar-refractivity contribution >= 4 is 17.7 Å². The second-order valence-corrected chi connectivity index (χ2v) is 9.45. The van der Waals surface area contributed by atoms with Crippen LogP contribution in [-0.4, -0.2) is 53.5 Å². The molecule has 0 saturated carbocycles. The molecule has 3 aromatic carbocycles. The van der Waals surface area contributed by atoms with Crippen molar-refractivity contribution in [2.24, 2.45) is 0 Å². The zero-order chi connectivity index (χ0) is 26.6. The number of ether oxygens (including phenoxy) is 2. The SMILES string of the molecule is N#Cc1cccc(NC(=O)NC2COC3C(Nc4nccc(-c5ccc(-c6ccccc6)cc5)n4)COC23)c1. The average Bonchev–Trinajstić information content (AvgIpc) is 3.57. The summed E-state index contributed by atoms with van der Waals surface area (Å²) >= 11 is 0. The summed E-state index contributed by atoms with van der Waals surface area (Å²) in [5.41, 5.74) is 5.13. The van der Waals surface area contributed by atoms with Crippen LogP contribution < -0.4 is 16.0 Å². The maximum absolute atomic E-state index is 12.6. The Morgan fingerprint density at radius 1 is 0.846 bits per heavy atom. The molecule has 39 heavy (non-hydrogen) atoms. The average molecular weight is 519 g/mol. The maximum Gasteiger partial charge on any atom is 0.319 e. The summed E-state index contributed by atoms with van der Waals surface area (Å²) in [5, 5.41) is 18.1. The standard InChI is InChI=1S/C30H26N6O3/c31-16-19-5-4-8-23(15-19)33-30(37)36-26-18-39-27-25(17-38-28(26)27)35-29-32-14-13-24(34-29)22-11-9-21(10-12-22)20-6-2-1-3-7-20/h1-15,25-28H,17-18H2,(H,32,34,35)(H2,33,36,37). The van der Waals surface area contributed by atoms with Crippen LogP contribution in [-0.2, 0) is 9.47 Å². The van der Waals surface area contributed by atoms with Crippen molar-refractivity contribution in [2.75, 3.05) is 23.8 Å². The largest absolute Gasteiger partial charge is 0.371 e. The molecule has 9 nitrogen and oxygen atoms in total. The number of rotatable bonds is 6. The second kappa shape index (κ2) is 10.9. The number of fused-ring (bicyclic) bond motifs is 1. The van der Waals surface area contributed by atoms with Gasteiger partial charge in [0.1, 0.15) is 12.2 Å². The van der Waals surface area contributed by atoms with E-state index in [2.05, 4.69) is 63.4 Å². The predicted molar refractivity (Wildman–Crippen MR) is 147 cm³/mol. The molecule has 0 radical (unpaired) electrons. The first-order valence-electron chi connectivity index (χ1n) is 12.7. The van der Waals surface area contributed by atoms with Crippen molar-refractivity contribution in [3.05, 3.63) is 96.7 Å². The van der Waals surface area contributed by atoms with Crippen LogP contribution in [0.5, 0.6) is 0 Å². The topological polar surface area (TPSA) is 121 Å². The van der Waals surface area contributed by atoms with E-state index in [9.17, 15) is 4.79 Å². The molecule has 0 aliphatic carbocycles. The van der Waals surface area contributed by atoms with Gasteiger partial charge < -0.3 is 25.4 Å². The highest BCUT2D eigenvalue weighted by Crippen LogP contribution is 2.29. The molecule has 9 heteroatoms. The number of benzene rings is 3. The van der Waals surface area contributed by atoms with Gasteiger partial charge in [-0.3, -0.25) is 0 Å². The summed E-state index contributed by atoms with van der Waals surface area (Å²) in [6.07, 6.45) is 1.18. The first kappa shape index (κ1) is 24.6. The minimum absolute atomic E-state index is 0.159. The Labute approximate surface area is 225 Å². The molecule has 2 amide bonds. The number of nitrogens with zero attached hydrogens (tertiary/aromatic N) is 3. The lowest BCUT2D eigenvalue weighted by Gasteiger charge is -2.19. The van der Waals surface area contributed by atoms with Crippen molar-refractivity contribution in [1.29, 1.82) is 5.26 Å². The number of nitrogens with one attached hydrogen (secondary N) is 3. The van der Waals surface area contributed by atoms with Crippen LogP contribution in [0.4, 0.5) is 16.4 Å². The Morgan fingerprint density at radius 2 is 1.56 bits per heavy atom. The third-order valence-corrected chi connectivity index (χ3v) is 6.88. The maximum atomic E-state index is 12.6. The lowest BCUT2D eigenvalue weighted by atomic mass is 10.0. The summed E-state index contributed by atoms with van der Waals surface area (Å²) < 4.78 is 12.0. The van der Waals surface area contributed by atoms with Crippen LogP contribution in [0.25, 0.3) is 22.4 Å². The number of carbonyl (C=O) groups is 1. The molecular formula is C30H26N6O3. The van der Waals surface area contributed by atoms with Crippen LogP contribution in [0.3, 0.4) is 0 Å². The first-order valence-corrected chi connectivity index (χ1v) is 12.7. The number of amides is 2. The Bertz CT molecular complexity index is 1510. The molecule has 2 fully saturated rings. The molecule has 2 aliphatic heterocycles. The van der Waals surface area contributed by atoms with E-state index in [0.29, 0.717) is 30.4 Å². The third kappa shape index (κ3) is 5.43. The molecular weight excluding hydrogens is 492 g/mol. The van der Waals surface area contributed by atoms with Crippen LogP contribution in [0.2, 0.25) is 0 Å². The highest BCUT2D eigenvalue weighted by Gasteiger charge is 2.48. The van der Waals surface area contributed by atoms with Gasteiger partial charge in [0.2, 0.25) is 5.95 Å².